The number of rotatable bonds is 1. The topological polar surface area (TPSA) is 38.9 Å². The van der Waals surface area contributed by atoms with Crippen LogP contribution in [0.1, 0.15) is 5.56 Å². The van der Waals surface area contributed by atoms with E-state index >= 15 is 0 Å². The highest BCUT2D eigenvalue weighted by Gasteiger charge is 1.97. The van der Waals surface area contributed by atoms with E-state index in [0.29, 0.717) is 5.15 Å². The van der Waals surface area contributed by atoms with E-state index in [2.05, 4.69) is 4.98 Å². The van der Waals surface area contributed by atoms with E-state index in [9.17, 15) is 0 Å². The molecule has 10 heavy (non-hydrogen) atoms. The highest BCUT2D eigenvalue weighted by atomic mass is 35.5. The Labute approximate surface area is 68.9 Å². The van der Waals surface area contributed by atoms with Crippen LogP contribution in [-0.2, 0) is 0 Å². The van der Waals surface area contributed by atoms with E-state index in [1.807, 2.05) is 13.0 Å². The molecule has 0 aliphatic heterocycles. The summed E-state index contributed by atoms with van der Waals surface area (Å²) in [5, 5.41) is 6.58. The van der Waals surface area contributed by atoms with Crippen molar-refractivity contribution in [1.29, 1.82) is 0 Å². The summed E-state index contributed by atoms with van der Waals surface area (Å²) in [6.45, 7) is 1.94. The van der Waals surface area contributed by atoms with Crippen LogP contribution in [0.15, 0.2) is 17.2 Å². The van der Waals surface area contributed by atoms with Gasteiger partial charge in [-0.25, -0.2) is 4.98 Å². The van der Waals surface area contributed by atoms with Crippen molar-refractivity contribution < 1.29 is 0 Å². The van der Waals surface area contributed by atoms with Crippen LogP contribution in [0.3, 0.4) is 0 Å². The third-order valence-corrected chi connectivity index (χ3v) is 1.98. The van der Waals surface area contributed by atoms with Crippen LogP contribution in [0.2, 0.25) is 5.15 Å². The number of nitrogens with zero attached hydrogens (tertiary/aromatic N) is 1. The summed E-state index contributed by atoms with van der Waals surface area (Å²) in [5.74, 6) is 0. The molecule has 0 aliphatic rings. The molecule has 54 valence electrons. The molecule has 0 saturated carbocycles. The summed E-state index contributed by atoms with van der Waals surface area (Å²) in [6, 6.07) is 3.64. The first-order valence-corrected chi connectivity index (χ1v) is 3.99. The SMILES string of the molecule is Cc1ccc(Cl)nc1SN. The highest BCUT2D eigenvalue weighted by Crippen LogP contribution is 2.16. The molecule has 0 aromatic carbocycles. The normalized spacial score (nSPS) is 9.90. The Hall–Kier alpha value is -0.250. The van der Waals surface area contributed by atoms with Crippen LogP contribution >= 0.6 is 23.5 Å². The molecule has 2 nitrogen and oxygen atoms in total. The number of aromatic nitrogens is 1. The molecule has 1 aromatic rings. The minimum absolute atomic E-state index is 0.485. The van der Waals surface area contributed by atoms with Gasteiger partial charge in [0, 0.05) is 0 Å². The van der Waals surface area contributed by atoms with Crippen LogP contribution in [0.5, 0.6) is 0 Å². The van der Waals surface area contributed by atoms with Crippen LogP contribution in [0.4, 0.5) is 0 Å². The van der Waals surface area contributed by atoms with Crippen LogP contribution in [-0.4, -0.2) is 4.98 Å². The lowest BCUT2D eigenvalue weighted by molar-refractivity contribution is 1.08. The maximum absolute atomic E-state index is 5.62. The second-order valence-corrected chi connectivity index (χ2v) is 2.88. The average molecular weight is 175 g/mol. The predicted molar refractivity (Wildman–Crippen MR) is 44.0 cm³/mol. The van der Waals surface area contributed by atoms with E-state index < -0.39 is 0 Å². The molecule has 4 heteroatoms. The van der Waals surface area contributed by atoms with Crippen LogP contribution < -0.4 is 5.14 Å². The standard InChI is InChI=1S/C6H7ClN2S/c1-4-2-3-5(7)9-6(4)10-8/h2-3H,8H2,1H3. The molecular weight excluding hydrogens is 168 g/mol. The zero-order chi connectivity index (χ0) is 7.56. The van der Waals surface area contributed by atoms with Crippen molar-refractivity contribution in [2.45, 2.75) is 11.9 Å². The molecule has 1 rings (SSSR count). The predicted octanol–water partition coefficient (Wildman–Crippen LogP) is 2.01. The number of hydrogen-bond acceptors (Lipinski definition) is 3. The molecule has 0 radical (unpaired) electrons. The van der Waals surface area contributed by atoms with Crippen LogP contribution in [0, 0.1) is 6.92 Å². The summed E-state index contributed by atoms with van der Waals surface area (Å²) >= 11 is 6.73. The Balaban J connectivity index is 3.09. The lowest BCUT2D eigenvalue weighted by Gasteiger charge is -1.98. The molecule has 2 N–H and O–H groups in total. The van der Waals surface area contributed by atoms with Gasteiger partial charge in [-0.05, 0) is 30.5 Å². The number of halogens is 1. The minimum Gasteiger partial charge on any atom is -0.272 e. The monoisotopic (exact) mass is 174 g/mol. The van der Waals surface area contributed by atoms with Crippen molar-refractivity contribution in [3.05, 3.63) is 22.8 Å². The fourth-order valence-electron chi connectivity index (χ4n) is 0.607. The third-order valence-electron chi connectivity index (χ3n) is 1.13. The summed E-state index contributed by atoms with van der Waals surface area (Å²) in [7, 11) is 0. The Morgan fingerprint density at radius 3 is 2.80 bits per heavy atom. The quantitative estimate of drug-likeness (QED) is 0.523. The van der Waals surface area contributed by atoms with Crippen molar-refractivity contribution in [2.24, 2.45) is 5.14 Å². The molecule has 0 unspecified atom stereocenters. The Bertz CT molecular complexity index is 239. The van der Waals surface area contributed by atoms with E-state index in [4.69, 9.17) is 16.7 Å². The van der Waals surface area contributed by atoms with Gasteiger partial charge in [-0.2, -0.15) is 0 Å². The zero-order valence-corrected chi connectivity index (χ0v) is 7.04. The molecule has 0 aliphatic carbocycles. The van der Waals surface area contributed by atoms with E-state index in [-0.39, 0.29) is 0 Å². The van der Waals surface area contributed by atoms with E-state index in [1.54, 1.807) is 6.07 Å². The van der Waals surface area contributed by atoms with Gasteiger partial charge >= 0.3 is 0 Å². The number of pyridine rings is 1. The first-order valence-electron chi connectivity index (χ1n) is 2.74. The van der Waals surface area contributed by atoms with Gasteiger partial charge in [0.15, 0.2) is 0 Å². The second-order valence-electron chi connectivity index (χ2n) is 1.87. The molecular formula is C6H7ClN2S. The number of hydrogen-bond donors (Lipinski definition) is 1. The first-order chi connectivity index (χ1) is 4.74. The van der Waals surface area contributed by atoms with Gasteiger partial charge in [-0.1, -0.05) is 17.7 Å². The lowest BCUT2D eigenvalue weighted by Crippen LogP contribution is -1.88. The highest BCUT2D eigenvalue weighted by molar-refractivity contribution is 7.97. The zero-order valence-electron chi connectivity index (χ0n) is 5.47. The molecule has 0 spiro atoms. The molecule has 0 atom stereocenters. The van der Waals surface area contributed by atoms with Gasteiger partial charge in [-0.15, -0.1) is 0 Å². The fraction of sp³-hybridized carbons (Fsp3) is 0.167. The second kappa shape index (κ2) is 3.23. The molecule has 1 aromatic heterocycles. The van der Waals surface area contributed by atoms with Crippen molar-refractivity contribution in [3.63, 3.8) is 0 Å². The van der Waals surface area contributed by atoms with Crippen molar-refractivity contribution in [1.82, 2.24) is 4.98 Å². The molecule has 0 fully saturated rings. The van der Waals surface area contributed by atoms with Gasteiger partial charge in [0.1, 0.15) is 10.2 Å². The molecule has 0 amide bonds. The van der Waals surface area contributed by atoms with Crippen molar-refractivity contribution >= 4 is 23.5 Å². The number of nitrogens with two attached hydrogens (primary N) is 1. The van der Waals surface area contributed by atoms with E-state index in [0.717, 1.165) is 22.5 Å². The van der Waals surface area contributed by atoms with Crippen molar-refractivity contribution in [3.8, 4) is 0 Å². The fourth-order valence-corrected chi connectivity index (χ4v) is 1.21. The Morgan fingerprint density at radius 2 is 2.30 bits per heavy atom. The lowest BCUT2D eigenvalue weighted by atomic mass is 10.3. The van der Waals surface area contributed by atoms with Gasteiger partial charge in [0.2, 0.25) is 0 Å². The maximum Gasteiger partial charge on any atom is 0.130 e. The van der Waals surface area contributed by atoms with Gasteiger partial charge in [0.25, 0.3) is 0 Å². The van der Waals surface area contributed by atoms with Gasteiger partial charge in [0.05, 0.1) is 0 Å². The largest absolute Gasteiger partial charge is 0.272 e. The summed E-state index contributed by atoms with van der Waals surface area (Å²) in [4.78, 5) is 3.99. The Kier molecular flexibility index (Phi) is 2.54. The minimum atomic E-state index is 0.485. The maximum atomic E-state index is 5.62. The van der Waals surface area contributed by atoms with E-state index in [1.165, 1.54) is 0 Å². The smallest absolute Gasteiger partial charge is 0.130 e. The third kappa shape index (κ3) is 1.62. The van der Waals surface area contributed by atoms with Gasteiger partial charge < -0.3 is 0 Å². The molecule has 0 saturated heterocycles. The summed E-state index contributed by atoms with van der Waals surface area (Å²) in [5.41, 5.74) is 1.05. The Morgan fingerprint density at radius 1 is 1.60 bits per heavy atom. The molecule has 1 heterocycles. The summed E-state index contributed by atoms with van der Waals surface area (Å²) < 4.78 is 0. The van der Waals surface area contributed by atoms with Crippen LogP contribution in [0.25, 0.3) is 0 Å². The number of aryl methyl sites for hydroxylation is 1. The van der Waals surface area contributed by atoms with Gasteiger partial charge in [-0.3, -0.25) is 5.14 Å². The van der Waals surface area contributed by atoms with Crippen molar-refractivity contribution in [2.75, 3.05) is 0 Å². The summed E-state index contributed by atoms with van der Waals surface area (Å²) in [6.07, 6.45) is 0. The first kappa shape index (κ1) is 7.85. The average Bonchev–Trinajstić information content (AvgIpc) is 1.94. The molecule has 0 bridgehead atoms.